The maximum atomic E-state index is 12.3. The van der Waals surface area contributed by atoms with Crippen LogP contribution < -0.4 is 16.4 Å². The fourth-order valence-corrected chi connectivity index (χ4v) is 3.24. The molecule has 0 radical (unpaired) electrons. The zero-order valence-electron chi connectivity index (χ0n) is 17.1. The number of benzene rings is 2. The molecule has 5 N–H and O–H groups in total. The lowest BCUT2D eigenvalue weighted by Crippen LogP contribution is -2.88. The van der Waals surface area contributed by atoms with Gasteiger partial charge in [0.15, 0.2) is 6.54 Å². The summed E-state index contributed by atoms with van der Waals surface area (Å²) >= 11 is 0. The monoisotopic (exact) mass is 382 g/mol. The van der Waals surface area contributed by atoms with Crippen LogP contribution in [-0.4, -0.2) is 18.4 Å². The lowest BCUT2D eigenvalue weighted by atomic mass is 9.94. The van der Waals surface area contributed by atoms with Crippen molar-refractivity contribution in [1.82, 2.24) is 0 Å². The number of carbonyl (C=O) groups excluding carboxylic acids is 2. The third kappa shape index (κ3) is 6.50. The van der Waals surface area contributed by atoms with Crippen LogP contribution >= 0.6 is 0 Å². The molecule has 0 aliphatic heterocycles. The molecule has 0 unspecified atom stereocenters. The van der Waals surface area contributed by atoms with Gasteiger partial charge in [-0.25, -0.2) is 0 Å². The molecule has 0 aromatic heterocycles. The predicted molar refractivity (Wildman–Crippen MR) is 113 cm³/mol. The van der Waals surface area contributed by atoms with Crippen LogP contribution in [0.4, 0.5) is 5.69 Å². The summed E-state index contributed by atoms with van der Waals surface area (Å²) in [6.45, 7) is 6.88. The lowest BCUT2D eigenvalue weighted by Gasteiger charge is -2.20. The largest absolute Gasteiger partial charge is 0.366 e. The molecule has 0 saturated carbocycles. The first-order valence-corrected chi connectivity index (χ1v) is 10.0. The third-order valence-electron chi connectivity index (χ3n) is 4.91. The Morgan fingerprint density at radius 2 is 1.68 bits per heavy atom. The Balaban J connectivity index is 1.93. The summed E-state index contributed by atoms with van der Waals surface area (Å²) < 4.78 is 0. The Kier molecular flexibility index (Phi) is 8.20. The Morgan fingerprint density at radius 3 is 2.21 bits per heavy atom. The molecule has 0 fully saturated rings. The zero-order valence-corrected chi connectivity index (χ0v) is 17.1. The molecule has 1 atom stereocenters. The average molecular weight is 383 g/mol. The second kappa shape index (κ2) is 10.6. The van der Waals surface area contributed by atoms with Crippen molar-refractivity contribution in [2.24, 2.45) is 11.7 Å². The van der Waals surface area contributed by atoms with Gasteiger partial charge in [0.25, 0.3) is 5.91 Å². The number of quaternary nitrogens is 1. The van der Waals surface area contributed by atoms with E-state index in [0.29, 0.717) is 23.7 Å². The van der Waals surface area contributed by atoms with E-state index in [1.807, 2.05) is 0 Å². The van der Waals surface area contributed by atoms with E-state index in [1.165, 1.54) is 24.0 Å². The number of primary amides is 1. The van der Waals surface area contributed by atoms with Crippen molar-refractivity contribution in [3.63, 3.8) is 0 Å². The first-order chi connectivity index (χ1) is 13.4. The summed E-state index contributed by atoms with van der Waals surface area (Å²) in [5.41, 5.74) is 8.92. The topological polar surface area (TPSA) is 88.8 Å². The predicted octanol–water partition coefficient (Wildman–Crippen LogP) is 3.03. The second-order valence-corrected chi connectivity index (χ2v) is 7.54. The van der Waals surface area contributed by atoms with Crippen molar-refractivity contribution in [3.8, 4) is 0 Å². The van der Waals surface area contributed by atoms with Gasteiger partial charge in [0, 0.05) is 22.7 Å². The van der Waals surface area contributed by atoms with Crippen LogP contribution in [-0.2, 0) is 11.2 Å². The van der Waals surface area contributed by atoms with Crippen molar-refractivity contribution in [3.05, 3.63) is 65.2 Å². The van der Waals surface area contributed by atoms with Gasteiger partial charge < -0.3 is 16.4 Å². The maximum absolute atomic E-state index is 12.3. The first-order valence-electron chi connectivity index (χ1n) is 10.0. The fraction of sp³-hybridized carbons (Fsp3) is 0.391. The van der Waals surface area contributed by atoms with Gasteiger partial charge in [-0.3, -0.25) is 9.59 Å². The van der Waals surface area contributed by atoms with Gasteiger partial charge in [0.2, 0.25) is 5.91 Å². The van der Waals surface area contributed by atoms with Crippen LogP contribution in [0.1, 0.15) is 61.1 Å². The minimum atomic E-state index is -0.480. The van der Waals surface area contributed by atoms with E-state index in [-0.39, 0.29) is 11.9 Å². The minimum Gasteiger partial charge on any atom is -0.366 e. The van der Waals surface area contributed by atoms with Gasteiger partial charge in [-0.2, -0.15) is 0 Å². The molecule has 0 aliphatic carbocycles. The minimum absolute atomic E-state index is 0.0722. The van der Waals surface area contributed by atoms with Gasteiger partial charge >= 0.3 is 0 Å². The molecular formula is C23H32N3O2+. The van der Waals surface area contributed by atoms with Crippen molar-refractivity contribution < 1.29 is 14.9 Å². The van der Waals surface area contributed by atoms with Crippen molar-refractivity contribution in [2.75, 3.05) is 11.9 Å². The number of anilines is 1. The van der Waals surface area contributed by atoms with Gasteiger partial charge in [-0.1, -0.05) is 51.5 Å². The molecule has 5 heteroatoms. The fourth-order valence-electron chi connectivity index (χ4n) is 3.24. The molecule has 5 nitrogen and oxygen atoms in total. The number of amides is 2. The van der Waals surface area contributed by atoms with Crippen LogP contribution in [0.5, 0.6) is 0 Å². The summed E-state index contributed by atoms with van der Waals surface area (Å²) in [7, 11) is 0. The summed E-state index contributed by atoms with van der Waals surface area (Å²) in [4.78, 5) is 23.4. The van der Waals surface area contributed by atoms with Crippen molar-refractivity contribution >= 4 is 17.5 Å². The van der Waals surface area contributed by atoms with Gasteiger partial charge in [-0.05, 0) is 42.7 Å². The SMILES string of the molecule is CCCCc1ccc([C@@H]([NH2+]CC(=O)Nc2ccc(C(N)=O)cc2)C(C)C)cc1. The van der Waals surface area contributed by atoms with E-state index in [9.17, 15) is 9.59 Å². The van der Waals surface area contributed by atoms with E-state index in [1.54, 1.807) is 24.3 Å². The molecule has 2 amide bonds. The Bertz CT molecular complexity index is 767. The van der Waals surface area contributed by atoms with Gasteiger partial charge in [0.05, 0.1) is 0 Å². The van der Waals surface area contributed by atoms with E-state index < -0.39 is 5.91 Å². The molecular weight excluding hydrogens is 350 g/mol. The van der Waals surface area contributed by atoms with Crippen molar-refractivity contribution in [2.45, 2.75) is 46.1 Å². The smallest absolute Gasteiger partial charge is 0.279 e. The Labute approximate surface area is 167 Å². The maximum Gasteiger partial charge on any atom is 0.279 e. The van der Waals surface area contributed by atoms with Crippen LogP contribution in [0.25, 0.3) is 0 Å². The summed E-state index contributed by atoms with van der Waals surface area (Å²) in [6.07, 6.45) is 3.52. The molecule has 0 spiro atoms. The number of carbonyl (C=O) groups is 2. The summed E-state index contributed by atoms with van der Waals surface area (Å²) in [5.74, 6) is -0.145. The molecule has 2 rings (SSSR count). The highest BCUT2D eigenvalue weighted by Gasteiger charge is 2.20. The van der Waals surface area contributed by atoms with E-state index in [4.69, 9.17) is 5.73 Å². The number of unbranched alkanes of at least 4 members (excludes halogenated alkanes) is 1. The first kappa shape index (κ1) is 21.6. The highest BCUT2D eigenvalue weighted by Crippen LogP contribution is 2.19. The third-order valence-corrected chi connectivity index (χ3v) is 4.91. The van der Waals surface area contributed by atoms with Crippen LogP contribution in [0.15, 0.2) is 48.5 Å². The van der Waals surface area contributed by atoms with Gasteiger partial charge in [-0.15, -0.1) is 0 Å². The summed E-state index contributed by atoms with van der Waals surface area (Å²) in [6, 6.07) is 15.6. The normalized spacial score (nSPS) is 12.0. The standard InChI is InChI=1S/C23H31N3O2/c1-4-5-6-17-7-9-18(10-8-17)22(16(2)3)25-15-21(27)26-20-13-11-19(12-14-20)23(24)28/h7-14,16,22,25H,4-6,15H2,1-3H3,(H2,24,28)(H,26,27)/p+1/t22-/m0/s1. The summed E-state index contributed by atoms with van der Waals surface area (Å²) in [5, 5.41) is 4.95. The van der Waals surface area contributed by atoms with Gasteiger partial charge in [0.1, 0.15) is 6.04 Å². The Morgan fingerprint density at radius 1 is 1.04 bits per heavy atom. The molecule has 2 aromatic rings. The number of hydrogen-bond donors (Lipinski definition) is 3. The molecule has 2 aromatic carbocycles. The molecule has 150 valence electrons. The molecule has 0 heterocycles. The van der Waals surface area contributed by atoms with Crippen LogP contribution in [0.3, 0.4) is 0 Å². The average Bonchev–Trinajstić information content (AvgIpc) is 2.67. The zero-order chi connectivity index (χ0) is 20.5. The second-order valence-electron chi connectivity index (χ2n) is 7.54. The van der Waals surface area contributed by atoms with E-state index >= 15 is 0 Å². The van der Waals surface area contributed by atoms with E-state index in [2.05, 4.69) is 55.7 Å². The highest BCUT2D eigenvalue weighted by molar-refractivity contribution is 5.95. The number of nitrogens with two attached hydrogens (primary N) is 2. The number of rotatable bonds is 10. The molecule has 0 bridgehead atoms. The number of aryl methyl sites for hydroxylation is 1. The highest BCUT2D eigenvalue weighted by atomic mass is 16.2. The number of nitrogens with one attached hydrogen (secondary N) is 1. The number of hydrogen-bond acceptors (Lipinski definition) is 2. The molecule has 28 heavy (non-hydrogen) atoms. The van der Waals surface area contributed by atoms with Crippen molar-refractivity contribution in [1.29, 1.82) is 0 Å². The van der Waals surface area contributed by atoms with E-state index in [0.717, 1.165) is 6.42 Å². The molecule has 0 aliphatic rings. The Hall–Kier alpha value is -2.66. The lowest BCUT2D eigenvalue weighted by molar-refractivity contribution is -0.692. The van der Waals surface area contributed by atoms with Crippen LogP contribution in [0.2, 0.25) is 0 Å². The van der Waals surface area contributed by atoms with Crippen LogP contribution in [0, 0.1) is 5.92 Å². The molecule has 0 saturated heterocycles. The quantitative estimate of drug-likeness (QED) is 0.590.